The summed E-state index contributed by atoms with van der Waals surface area (Å²) in [7, 11) is -4.03. The number of rotatable bonds is 5. The number of amides is 1. The molecule has 0 saturated heterocycles. The van der Waals surface area contributed by atoms with Gasteiger partial charge in [-0.1, -0.05) is 35.9 Å². The lowest BCUT2D eigenvalue weighted by molar-refractivity contribution is -0.137. The Bertz CT molecular complexity index is 1060. The Morgan fingerprint density at radius 2 is 1.93 bits per heavy atom. The van der Waals surface area contributed by atoms with E-state index in [1.807, 2.05) is 24.3 Å². The van der Waals surface area contributed by atoms with Crippen LogP contribution in [-0.2, 0) is 27.4 Å². The van der Waals surface area contributed by atoms with Crippen LogP contribution in [0.15, 0.2) is 42.5 Å². The van der Waals surface area contributed by atoms with Crippen LogP contribution in [0.1, 0.15) is 35.6 Å². The highest BCUT2D eigenvalue weighted by molar-refractivity contribution is 7.92. The van der Waals surface area contributed by atoms with Crippen molar-refractivity contribution in [3.63, 3.8) is 0 Å². The maximum Gasteiger partial charge on any atom is 0.417 e. The first kappa shape index (κ1) is 22.4. The second-order valence-electron chi connectivity index (χ2n) is 7.14. The lowest BCUT2D eigenvalue weighted by Gasteiger charge is -2.28. The quantitative estimate of drug-likeness (QED) is 0.722. The third-order valence-electron chi connectivity index (χ3n) is 4.94. The molecule has 0 radical (unpaired) electrons. The number of hydrogen-bond donors (Lipinski definition) is 1. The highest BCUT2D eigenvalue weighted by Gasteiger charge is 2.35. The minimum atomic E-state index is -4.76. The van der Waals surface area contributed by atoms with Crippen LogP contribution in [0.5, 0.6) is 0 Å². The van der Waals surface area contributed by atoms with Crippen molar-refractivity contribution < 1.29 is 26.4 Å². The molecule has 0 bridgehead atoms. The lowest BCUT2D eigenvalue weighted by Crippen LogP contribution is -2.42. The molecule has 1 atom stereocenters. The van der Waals surface area contributed by atoms with Crippen LogP contribution in [-0.4, -0.2) is 27.1 Å². The smallest absolute Gasteiger partial charge is 0.348 e. The van der Waals surface area contributed by atoms with Gasteiger partial charge in [0.15, 0.2) is 0 Å². The summed E-state index contributed by atoms with van der Waals surface area (Å²) in [5, 5.41) is 2.26. The molecule has 0 heterocycles. The highest BCUT2D eigenvalue weighted by atomic mass is 35.5. The van der Waals surface area contributed by atoms with Gasteiger partial charge in [0.1, 0.15) is 6.54 Å². The molecule has 5 nitrogen and oxygen atoms in total. The van der Waals surface area contributed by atoms with E-state index in [0.29, 0.717) is 16.8 Å². The molecule has 0 aromatic heterocycles. The summed E-state index contributed by atoms with van der Waals surface area (Å²) in [5.41, 5.74) is 0.626. The molecule has 1 aliphatic rings. The van der Waals surface area contributed by atoms with Gasteiger partial charge in [0.05, 0.1) is 28.6 Å². The summed E-state index contributed by atoms with van der Waals surface area (Å²) in [6.07, 6.45) is -1.48. The van der Waals surface area contributed by atoms with Crippen LogP contribution in [0.3, 0.4) is 0 Å². The number of nitrogens with one attached hydrogen (secondary N) is 1. The van der Waals surface area contributed by atoms with Crippen LogP contribution in [0.25, 0.3) is 0 Å². The van der Waals surface area contributed by atoms with Crippen molar-refractivity contribution in [3.8, 4) is 0 Å². The predicted molar refractivity (Wildman–Crippen MR) is 109 cm³/mol. The number of sulfonamides is 1. The Balaban J connectivity index is 1.84. The van der Waals surface area contributed by atoms with Gasteiger partial charge in [-0.25, -0.2) is 8.42 Å². The fourth-order valence-electron chi connectivity index (χ4n) is 3.56. The van der Waals surface area contributed by atoms with Crippen molar-refractivity contribution in [2.45, 2.75) is 31.5 Å². The first-order chi connectivity index (χ1) is 14.0. The van der Waals surface area contributed by atoms with E-state index in [1.165, 1.54) is 0 Å². The van der Waals surface area contributed by atoms with Crippen LogP contribution < -0.4 is 9.62 Å². The molecule has 0 fully saturated rings. The van der Waals surface area contributed by atoms with E-state index < -0.39 is 39.2 Å². The summed E-state index contributed by atoms with van der Waals surface area (Å²) in [6.45, 7) is -0.642. The van der Waals surface area contributed by atoms with E-state index in [9.17, 15) is 26.4 Å². The largest absolute Gasteiger partial charge is 0.417 e. The van der Waals surface area contributed by atoms with Gasteiger partial charge >= 0.3 is 6.18 Å². The van der Waals surface area contributed by atoms with Crippen molar-refractivity contribution in [3.05, 3.63) is 64.2 Å². The number of aryl methyl sites for hydroxylation is 1. The molecule has 1 amide bonds. The Labute approximate surface area is 177 Å². The summed E-state index contributed by atoms with van der Waals surface area (Å²) < 4.78 is 64.6. The summed E-state index contributed by atoms with van der Waals surface area (Å²) in [5.74, 6) is -0.606. The third-order valence-corrected chi connectivity index (χ3v) is 6.41. The summed E-state index contributed by atoms with van der Waals surface area (Å²) >= 11 is 5.61. The summed E-state index contributed by atoms with van der Waals surface area (Å²) in [4.78, 5) is 12.6. The fourth-order valence-corrected chi connectivity index (χ4v) is 4.63. The zero-order chi connectivity index (χ0) is 22.1. The monoisotopic (exact) mass is 460 g/mol. The average molecular weight is 461 g/mol. The molecule has 2 aromatic carbocycles. The van der Waals surface area contributed by atoms with Crippen molar-refractivity contribution in [1.82, 2.24) is 5.32 Å². The maximum absolute atomic E-state index is 13.2. The molecule has 1 N–H and O–H groups in total. The number of benzene rings is 2. The number of halogens is 4. The molecule has 1 aliphatic carbocycles. The van der Waals surface area contributed by atoms with Crippen LogP contribution in [0, 0.1) is 0 Å². The first-order valence-corrected chi connectivity index (χ1v) is 11.4. The van der Waals surface area contributed by atoms with Crippen molar-refractivity contribution in [2.24, 2.45) is 0 Å². The number of anilines is 1. The molecule has 0 spiro atoms. The van der Waals surface area contributed by atoms with Crippen LogP contribution >= 0.6 is 11.6 Å². The second-order valence-corrected chi connectivity index (χ2v) is 9.46. The molecule has 162 valence electrons. The van der Waals surface area contributed by atoms with Gasteiger partial charge in [-0.05, 0) is 48.6 Å². The fraction of sp³-hybridized carbons (Fsp3) is 0.350. The van der Waals surface area contributed by atoms with Gasteiger partial charge in [-0.2, -0.15) is 13.2 Å². The molecule has 2 aromatic rings. The van der Waals surface area contributed by atoms with Gasteiger partial charge in [0.25, 0.3) is 0 Å². The molecule has 30 heavy (non-hydrogen) atoms. The Hall–Kier alpha value is -2.26. The minimum absolute atomic E-state index is 0.278. The lowest BCUT2D eigenvalue weighted by atomic mass is 9.88. The minimum Gasteiger partial charge on any atom is -0.348 e. The highest BCUT2D eigenvalue weighted by Crippen LogP contribution is 2.37. The van der Waals surface area contributed by atoms with Gasteiger partial charge in [0.2, 0.25) is 15.9 Å². The second kappa shape index (κ2) is 8.47. The van der Waals surface area contributed by atoms with E-state index in [2.05, 4.69) is 5.32 Å². The van der Waals surface area contributed by atoms with Crippen LogP contribution in [0.4, 0.5) is 18.9 Å². The number of carbonyl (C=O) groups excluding carboxylic acids is 1. The zero-order valence-corrected chi connectivity index (χ0v) is 17.6. The van der Waals surface area contributed by atoms with E-state index in [-0.39, 0.29) is 11.7 Å². The molecule has 0 saturated carbocycles. The third kappa shape index (κ3) is 5.07. The molecular formula is C20H20ClF3N2O3S. The van der Waals surface area contributed by atoms with Gasteiger partial charge < -0.3 is 5.32 Å². The number of nitrogens with zero attached hydrogens (tertiary/aromatic N) is 1. The topological polar surface area (TPSA) is 66.5 Å². The van der Waals surface area contributed by atoms with Gasteiger partial charge in [0, 0.05) is 0 Å². The van der Waals surface area contributed by atoms with Crippen molar-refractivity contribution >= 4 is 33.2 Å². The van der Waals surface area contributed by atoms with Crippen LogP contribution in [0.2, 0.25) is 5.02 Å². The van der Waals surface area contributed by atoms with E-state index in [0.717, 1.165) is 42.4 Å². The predicted octanol–water partition coefficient (Wildman–Crippen LogP) is 4.32. The molecule has 3 rings (SSSR count). The maximum atomic E-state index is 13.2. The number of fused-ring (bicyclic) bond motifs is 1. The molecule has 10 heteroatoms. The Morgan fingerprint density at radius 3 is 2.60 bits per heavy atom. The normalized spacial score (nSPS) is 16.6. The van der Waals surface area contributed by atoms with Crippen molar-refractivity contribution in [2.75, 3.05) is 17.1 Å². The molecule has 0 unspecified atom stereocenters. The van der Waals surface area contributed by atoms with E-state index >= 15 is 0 Å². The van der Waals surface area contributed by atoms with E-state index in [4.69, 9.17) is 11.6 Å². The number of alkyl halides is 3. The molecular weight excluding hydrogens is 441 g/mol. The van der Waals surface area contributed by atoms with Crippen molar-refractivity contribution in [1.29, 1.82) is 0 Å². The SMILES string of the molecule is CS(=O)(=O)N(CC(=O)N[C@@H]1CCCc2ccccc21)c1ccc(Cl)c(C(F)(F)F)c1. The number of hydrogen-bond acceptors (Lipinski definition) is 3. The average Bonchev–Trinajstić information content (AvgIpc) is 2.65. The number of carbonyl (C=O) groups is 1. The Kier molecular flexibility index (Phi) is 6.33. The van der Waals surface area contributed by atoms with Gasteiger partial charge in [-0.15, -0.1) is 0 Å². The Morgan fingerprint density at radius 1 is 1.23 bits per heavy atom. The van der Waals surface area contributed by atoms with E-state index in [1.54, 1.807) is 0 Å². The molecule has 0 aliphatic heterocycles. The first-order valence-electron chi connectivity index (χ1n) is 9.18. The summed E-state index contributed by atoms with van der Waals surface area (Å²) in [6, 6.07) is 10.1. The standard InChI is InChI=1S/C20H20ClF3N2O3S/c1-30(28,29)26(14-9-10-17(21)16(11-14)20(22,23)24)12-19(27)25-18-8-4-6-13-5-2-3-7-15(13)18/h2-3,5,7,9-11,18H,4,6,8,12H2,1H3,(H,25,27)/t18-/m1/s1. The zero-order valence-electron chi connectivity index (χ0n) is 16.0. The van der Waals surface area contributed by atoms with Gasteiger partial charge in [-0.3, -0.25) is 9.10 Å².